The van der Waals surface area contributed by atoms with E-state index in [9.17, 15) is 0 Å². The van der Waals surface area contributed by atoms with Crippen LogP contribution in [0.25, 0.3) is 12.2 Å². The second kappa shape index (κ2) is 3.58. The van der Waals surface area contributed by atoms with Gasteiger partial charge in [0.05, 0.1) is 11.2 Å². The first-order valence-corrected chi connectivity index (χ1v) is 5.76. The van der Waals surface area contributed by atoms with Gasteiger partial charge in [-0.05, 0) is 18.9 Å². The quantitative estimate of drug-likeness (QED) is 0.796. The summed E-state index contributed by atoms with van der Waals surface area (Å²) in [5.41, 5.74) is 2.72. The highest BCUT2D eigenvalue weighted by Crippen LogP contribution is 2.38. The van der Waals surface area contributed by atoms with E-state index in [1.54, 1.807) is 22.9 Å². The van der Waals surface area contributed by atoms with Crippen LogP contribution >= 0.6 is 11.3 Å². The number of nitrogens with zero attached hydrogens (tertiary/aromatic N) is 3. The third kappa shape index (κ3) is 1.97. The summed E-state index contributed by atoms with van der Waals surface area (Å²) in [6, 6.07) is 0. The van der Waals surface area contributed by atoms with Gasteiger partial charge in [0.15, 0.2) is 5.82 Å². The lowest BCUT2D eigenvalue weighted by Gasteiger charge is -1.80. The lowest BCUT2D eigenvalue weighted by molar-refractivity contribution is 0.403. The van der Waals surface area contributed by atoms with Gasteiger partial charge >= 0.3 is 0 Å². The highest BCUT2D eigenvalue weighted by molar-refractivity contribution is 7.07. The molecule has 0 amide bonds. The average molecular weight is 219 g/mol. The minimum atomic E-state index is 0.537. The highest BCUT2D eigenvalue weighted by Gasteiger charge is 2.28. The highest BCUT2D eigenvalue weighted by atomic mass is 32.1. The molecule has 4 nitrogen and oxygen atoms in total. The summed E-state index contributed by atoms with van der Waals surface area (Å²) >= 11 is 1.57. The largest absolute Gasteiger partial charge is 0.335 e. The van der Waals surface area contributed by atoms with Crippen LogP contribution in [-0.4, -0.2) is 15.1 Å². The van der Waals surface area contributed by atoms with Gasteiger partial charge in [-0.2, -0.15) is 4.98 Å². The van der Waals surface area contributed by atoms with Gasteiger partial charge in [-0.1, -0.05) is 5.16 Å². The van der Waals surface area contributed by atoms with E-state index in [1.165, 1.54) is 12.8 Å². The molecule has 0 aromatic carbocycles. The number of hydrogen-bond acceptors (Lipinski definition) is 5. The summed E-state index contributed by atoms with van der Waals surface area (Å²) in [5.74, 6) is 1.94. The molecule has 0 saturated heterocycles. The van der Waals surface area contributed by atoms with Crippen LogP contribution < -0.4 is 0 Å². The molecule has 76 valence electrons. The molecule has 1 saturated carbocycles. The molecule has 2 aromatic rings. The van der Waals surface area contributed by atoms with E-state index in [4.69, 9.17) is 4.52 Å². The van der Waals surface area contributed by atoms with Crippen molar-refractivity contribution in [2.45, 2.75) is 18.8 Å². The van der Waals surface area contributed by atoms with E-state index in [2.05, 4.69) is 15.1 Å². The third-order valence-corrected chi connectivity index (χ3v) is 2.85. The van der Waals surface area contributed by atoms with Crippen molar-refractivity contribution in [2.75, 3.05) is 0 Å². The van der Waals surface area contributed by atoms with E-state index in [-0.39, 0.29) is 0 Å². The minimum absolute atomic E-state index is 0.537. The molecule has 0 spiro atoms. The van der Waals surface area contributed by atoms with Gasteiger partial charge in [0, 0.05) is 17.4 Å². The number of rotatable bonds is 3. The Bertz CT molecular complexity index is 471. The molecular weight excluding hydrogens is 210 g/mol. The van der Waals surface area contributed by atoms with Crippen LogP contribution in [0.3, 0.4) is 0 Å². The van der Waals surface area contributed by atoms with Crippen LogP contribution in [0.5, 0.6) is 0 Å². The van der Waals surface area contributed by atoms with Crippen molar-refractivity contribution in [2.24, 2.45) is 0 Å². The summed E-state index contributed by atoms with van der Waals surface area (Å²) < 4.78 is 5.09. The Balaban J connectivity index is 1.75. The van der Waals surface area contributed by atoms with Crippen LogP contribution in [0, 0.1) is 0 Å². The molecule has 2 heterocycles. The fourth-order valence-corrected chi connectivity index (χ4v) is 1.81. The Kier molecular flexibility index (Phi) is 2.10. The van der Waals surface area contributed by atoms with Crippen molar-refractivity contribution >= 4 is 23.5 Å². The van der Waals surface area contributed by atoms with Crippen molar-refractivity contribution < 1.29 is 4.52 Å². The van der Waals surface area contributed by atoms with Crippen LogP contribution in [0.2, 0.25) is 0 Å². The molecule has 1 fully saturated rings. The molecule has 0 radical (unpaired) electrons. The molecular formula is C10H9N3OS. The van der Waals surface area contributed by atoms with Crippen molar-refractivity contribution in [1.82, 2.24) is 15.1 Å². The molecule has 15 heavy (non-hydrogen) atoms. The van der Waals surface area contributed by atoms with Gasteiger partial charge in [0.1, 0.15) is 0 Å². The van der Waals surface area contributed by atoms with Gasteiger partial charge in [-0.25, -0.2) is 4.98 Å². The van der Waals surface area contributed by atoms with Crippen LogP contribution in [-0.2, 0) is 0 Å². The molecule has 0 aliphatic heterocycles. The maximum atomic E-state index is 5.09. The Morgan fingerprint density at radius 2 is 2.33 bits per heavy atom. The first-order valence-electron chi connectivity index (χ1n) is 4.82. The van der Waals surface area contributed by atoms with Crippen LogP contribution in [0.4, 0.5) is 0 Å². The van der Waals surface area contributed by atoms with Gasteiger partial charge in [-0.15, -0.1) is 11.3 Å². The summed E-state index contributed by atoms with van der Waals surface area (Å²) in [6.45, 7) is 0. The first-order chi connectivity index (χ1) is 7.42. The molecule has 3 rings (SSSR count). The maximum absolute atomic E-state index is 5.09. The Labute approximate surface area is 90.7 Å². The van der Waals surface area contributed by atoms with Crippen LogP contribution in [0.15, 0.2) is 15.4 Å². The molecule has 5 heteroatoms. The first kappa shape index (κ1) is 8.79. The predicted molar refractivity (Wildman–Crippen MR) is 57.3 cm³/mol. The molecule has 2 aromatic heterocycles. The summed E-state index contributed by atoms with van der Waals surface area (Å²) in [4.78, 5) is 8.41. The predicted octanol–water partition coefficient (Wildman–Crippen LogP) is 2.57. The number of hydrogen-bond donors (Lipinski definition) is 0. The summed E-state index contributed by atoms with van der Waals surface area (Å²) in [7, 11) is 0. The van der Waals surface area contributed by atoms with Crippen LogP contribution in [0.1, 0.15) is 36.2 Å². The fraction of sp³-hybridized carbons (Fsp3) is 0.300. The van der Waals surface area contributed by atoms with Crippen molar-refractivity contribution in [1.29, 1.82) is 0 Å². The van der Waals surface area contributed by atoms with E-state index >= 15 is 0 Å². The molecule has 1 aliphatic rings. The standard InChI is InChI=1S/C10H9N3OS/c1-2-7(1)10-12-9(14-13-10)4-3-8-5-15-6-11-8/h3-7H,1-2H2. The lowest BCUT2D eigenvalue weighted by Crippen LogP contribution is -1.80. The second-order valence-corrected chi connectivity index (χ2v) is 4.23. The molecule has 1 aliphatic carbocycles. The maximum Gasteiger partial charge on any atom is 0.250 e. The Morgan fingerprint density at radius 1 is 1.40 bits per heavy atom. The number of aromatic nitrogens is 3. The van der Waals surface area contributed by atoms with Crippen molar-refractivity contribution in [3.8, 4) is 0 Å². The van der Waals surface area contributed by atoms with Gasteiger partial charge in [-0.3, -0.25) is 0 Å². The molecule has 0 atom stereocenters. The number of thiazole rings is 1. The van der Waals surface area contributed by atoms with E-state index in [1.807, 2.05) is 11.5 Å². The topological polar surface area (TPSA) is 51.8 Å². The fourth-order valence-electron chi connectivity index (χ4n) is 1.28. The second-order valence-electron chi connectivity index (χ2n) is 3.51. The molecule has 0 bridgehead atoms. The van der Waals surface area contributed by atoms with E-state index in [0.29, 0.717) is 11.8 Å². The van der Waals surface area contributed by atoms with Gasteiger partial charge in [0.25, 0.3) is 5.89 Å². The normalized spacial score (nSPS) is 16.3. The van der Waals surface area contributed by atoms with Crippen molar-refractivity contribution in [3.05, 3.63) is 28.3 Å². The smallest absolute Gasteiger partial charge is 0.250 e. The van der Waals surface area contributed by atoms with Crippen molar-refractivity contribution in [3.63, 3.8) is 0 Å². The Hall–Kier alpha value is -1.49. The Morgan fingerprint density at radius 3 is 3.07 bits per heavy atom. The van der Waals surface area contributed by atoms with Gasteiger partial charge in [0.2, 0.25) is 0 Å². The van der Waals surface area contributed by atoms with E-state index < -0.39 is 0 Å². The van der Waals surface area contributed by atoms with Gasteiger partial charge < -0.3 is 4.52 Å². The van der Waals surface area contributed by atoms with E-state index in [0.717, 1.165) is 11.5 Å². The monoisotopic (exact) mass is 219 g/mol. The average Bonchev–Trinajstić information content (AvgIpc) is 2.82. The minimum Gasteiger partial charge on any atom is -0.335 e. The zero-order valence-electron chi connectivity index (χ0n) is 7.96. The SMILES string of the molecule is C(=Cc1nc(C2CC2)no1)c1cscn1. The summed E-state index contributed by atoms with van der Waals surface area (Å²) in [5, 5.41) is 5.89. The lowest BCUT2D eigenvalue weighted by atomic mass is 10.4. The summed E-state index contributed by atoms with van der Waals surface area (Å²) in [6.07, 6.45) is 6.05. The molecule has 0 N–H and O–H groups in total. The third-order valence-electron chi connectivity index (χ3n) is 2.25. The zero-order chi connectivity index (χ0) is 10.1. The zero-order valence-corrected chi connectivity index (χ0v) is 8.78. The molecule has 0 unspecified atom stereocenters.